The predicted molar refractivity (Wildman–Crippen MR) is 63.6 cm³/mol. The summed E-state index contributed by atoms with van der Waals surface area (Å²) in [7, 11) is 1.04. The molecule has 0 aromatic heterocycles. The van der Waals surface area contributed by atoms with E-state index in [-0.39, 0.29) is 15.6 Å². The van der Waals surface area contributed by atoms with Crippen LogP contribution in [0.5, 0.6) is 0 Å². The molecule has 0 fully saturated rings. The molecule has 0 aliphatic heterocycles. The molecule has 0 radical (unpaired) electrons. The van der Waals surface area contributed by atoms with E-state index in [1.165, 1.54) is 6.07 Å². The molecule has 0 heterocycles. The van der Waals surface area contributed by atoms with Gasteiger partial charge in [-0.2, -0.15) is 5.26 Å². The minimum Gasteiger partial charge on any atom is -0.506 e. The summed E-state index contributed by atoms with van der Waals surface area (Å²) >= 11 is 11.2. The SMILES string of the molecule is COC(=O)C(C#N)=C(O)c1cc(F)c(Cl)cc1Cl. The maximum Gasteiger partial charge on any atom is 0.352 e. The van der Waals surface area contributed by atoms with Crippen molar-refractivity contribution < 1.29 is 19.0 Å². The third kappa shape index (κ3) is 2.73. The van der Waals surface area contributed by atoms with Crippen molar-refractivity contribution in [2.24, 2.45) is 0 Å². The molecule has 0 bridgehead atoms. The van der Waals surface area contributed by atoms with E-state index in [1.54, 1.807) is 0 Å². The lowest BCUT2D eigenvalue weighted by Gasteiger charge is -2.06. The normalized spacial score (nSPS) is 11.5. The Labute approximate surface area is 112 Å². The molecule has 4 nitrogen and oxygen atoms in total. The molecule has 0 atom stereocenters. The van der Waals surface area contributed by atoms with Gasteiger partial charge in [0.1, 0.15) is 17.6 Å². The van der Waals surface area contributed by atoms with E-state index in [2.05, 4.69) is 4.74 Å². The summed E-state index contributed by atoms with van der Waals surface area (Å²) in [4.78, 5) is 11.2. The van der Waals surface area contributed by atoms with E-state index in [0.717, 1.165) is 19.2 Å². The molecule has 0 unspecified atom stereocenters. The number of benzene rings is 1. The molecule has 1 rings (SSSR count). The number of carbonyl (C=O) groups is 1. The van der Waals surface area contributed by atoms with E-state index in [1.807, 2.05) is 0 Å². The zero-order chi connectivity index (χ0) is 13.9. The van der Waals surface area contributed by atoms with Crippen molar-refractivity contribution in [2.45, 2.75) is 0 Å². The summed E-state index contributed by atoms with van der Waals surface area (Å²) in [6, 6.07) is 3.32. The molecule has 94 valence electrons. The number of carbonyl (C=O) groups excluding carboxylic acids is 1. The molecule has 0 saturated carbocycles. The van der Waals surface area contributed by atoms with Crippen LogP contribution in [0.4, 0.5) is 4.39 Å². The van der Waals surface area contributed by atoms with Crippen LogP contribution >= 0.6 is 23.2 Å². The number of halogens is 3. The van der Waals surface area contributed by atoms with Crippen LogP contribution in [0.25, 0.3) is 5.76 Å². The van der Waals surface area contributed by atoms with E-state index in [4.69, 9.17) is 28.5 Å². The van der Waals surface area contributed by atoms with E-state index in [9.17, 15) is 14.3 Å². The monoisotopic (exact) mass is 289 g/mol. The van der Waals surface area contributed by atoms with Gasteiger partial charge in [0.05, 0.1) is 17.2 Å². The number of aliphatic hydroxyl groups excluding tert-OH is 1. The van der Waals surface area contributed by atoms with Crippen LogP contribution in [-0.2, 0) is 9.53 Å². The quantitative estimate of drug-likeness (QED) is 0.299. The van der Waals surface area contributed by atoms with Gasteiger partial charge in [-0.1, -0.05) is 23.2 Å². The average molecular weight is 290 g/mol. The van der Waals surface area contributed by atoms with E-state index in [0.29, 0.717) is 0 Å². The van der Waals surface area contributed by atoms with Crippen LogP contribution < -0.4 is 0 Å². The van der Waals surface area contributed by atoms with Gasteiger partial charge in [-0.25, -0.2) is 9.18 Å². The van der Waals surface area contributed by atoms with Crippen molar-refractivity contribution in [3.8, 4) is 6.07 Å². The molecular formula is C11H6Cl2FNO3. The summed E-state index contributed by atoms with van der Waals surface area (Å²) in [5, 5.41) is 18.1. The standard InChI is InChI=1S/C11H6Cl2FNO3/c1-18-11(17)6(4-15)10(16)5-2-9(14)8(13)3-7(5)12/h2-3,16H,1H3. The zero-order valence-corrected chi connectivity index (χ0v) is 10.5. The Kier molecular flexibility index (Phi) is 4.54. The van der Waals surface area contributed by atoms with Gasteiger partial charge in [-0.3, -0.25) is 0 Å². The molecule has 1 aromatic rings. The maximum absolute atomic E-state index is 13.2. The Balaban J connectivity index is 3.47. The summed E-state index contributed by atoms with van der Waals surface area (Å²) in [6.07, 6.45) is 0. The number of methoxy groups -OCH3 is 1. The number of hydrogen-bond donors (Lipinski definition) is 1. The summed E-state index contributed by atoms with van der Waals surface area (Å²) in [5.74, 6) is -2.67. The number of hydrogen-bond acceptors (Lipinski definition) is 4. The average Bonchev–Trinajstić information content (AvgIpc) is 2.34. The van der Waals surface area contributed by atoms with Crippen LogP contribution in [-0.4, -0.2) is 18.2 Å². The topological polar surface area (TPSA) is 70.3 Å². The fourth-order valence-corrected chi connectivity index (χ4v) is 1.61. The van der Waals surface area contributed by atoms with Crippen LogP contribution in [0.15, 0.2) is 17.7 Å². The van der Waals surface area contributed by atoms with Gasteiger partial charge in [-0.05, 0) is 12.1 Å². The zero-order valence-electron chi connectivity index (χ0n) is 9.00. The second-order valence-corrected chi connectivity index (χ2v) is 3.89. The Morgan fingerprint density at radius 3 is 2.56 bits per heavy atom. The number of aliphatic hydroxyl groups is 1. The van der Waals surface area contributed by atoms with Gasteiger partial charge in [-0.15, -0.1) is 0 Å². The fraction of sp³-hybridized carbons (Fsp3) is 0.0909. The maximum atomic E-state index is 13.2. The molecular weight excluding hydrogens is 284 g/mol. The van der Waals surface area contributed by atoms with Crippen molar-refractivity contribution in [3.05, 3.63) is 39.1 Å². The highest BCUT2D eigenvalue weighted by Crippen LogP contribution is 2.29. The van der Waals surface area contributed by atoms with Crippen molar-refractivity contribution in [3.63, 3.8) is 0 Å². The molecule has 0 amide bonds. The number of rotatable bonds is 2. The molecule has 7 heteroatoms. The van der Waals surface area contributed by atoms with Crippen molar-refractivity contribution in [1.29, 1.82) is 5.26 Å². The van der Waals surface area contributed by atoms with Gasteiger partial charge in [0.15, 0.2) is 5.57 Å². The van der Waals surface area contributed by atoms with Crippen LogP contribution in [0.2, 0.25) is 10.0 Å². The highest BCUT2D eigenvalue weighted by atomic mass is 35.5. The fourth-order valence-electron chi connectivity index (χ4n) is 1.14. The van der Waals surface area contributed by atoms with E-state index < -0.39 is 23.1 Å². The smallest absolute Gasteiger partial charge is 0.352 e. The molecule has 0 aliphatic carbocycles. The lowest BCUT2D eigenvalue weighted by molar-refractivity contribution is -0.135. The first kappa shape index (κ1) is 14.3. The second kappa shape index (κ2) is 5.71. The molecule has 0 saturated heterocycles. The van der Waals surface area contributed by atoms with Crippen LogP contribution in [0, 0.1) is 17.1 Å². The van der Waals surface area contributed by atoms with Gasteiger partial charge in [0, 0.05) is 5.56 Å². The molecule has 1 N–H and O–H groups in total. The Hall–Kier alpha value is -1.77. The third-order valence-corrected chi connectivity index (χ3v) is 2.61. The first-order valence-corrected chi connectivity index (χ1v) is 5.24. The Morgan fingerprint density at radius 2 is 2.06 bits per heavy atom. The highest BCUT2D eigenvalue weighted by Gasteiger charge is 2.20. The summed E-state index contributed by atoms with van der Waals surface area (Å²) in [6.45, 7) is 0. The van der Waals surface area contributed by atoms with Gasteiger partial charge < -0.3 is 9.84 Å². The predicted octanol–water partition coefficient (Wildman–Crippen LogP) is 3.10. The van der Waals surface area contributed by atoms with Gasteiger partial charge >= 0.3 is 5.97 Å². The van der Waals surface area contributed by atoms with Gasteiger partial charge in [0.25, 0.3) is 0 Å². The minimum atomic E-state index is -1.05. The Morgan fingerprint density at radius 1 is 1.44 bits per heavy atom. The minimum absolute atomic E-state index is 0.101. The first-order valence-electron chi connectivity index (χ1n) is 4.49. The second-order valence-electron chi connectivity index (χ2n) is 3.07. The van der Waals surface area contributed by atoms with Crippen molar-refractivity contribution in [1.82, 2.24) is 0 Å². The molecule has 0 spiro atoms. The van der Waals surface area contributed by atoms with Crippen LogP contribution in [0.1, 0.15) is 5.56 Å². The highest BCUT2D eigenvalue weighted by molar-refractivity contribution is 6.35. The molecule has 1 aromatic carbocycles. The lowest BCUT2D eigenvalue weighted by Crippen LogP contribution is -2.06. The summed E-state index contributed by atoms with van der Waals surface area (Å²) < 4.78 is 17.5. The Bertz CT molecular complexity index is 578. The summed E-state index contributed by atoms with van der Waals surface area (Å²) in [5.41, 5.74) is -0.901. The molecule has 0 aliphatic rings. The van der Waals surface area contributed by atoms with Crippen molar-refractivity contribution >= 4 is 34.9 Å². The number of nitriles is 1. The number of ether oxygens (including phenoxy) is 1. The van der Waals surface area contributed by atoms with Crippen LogP contribution in [0.3, 0.4) is 0 Å². The number of esters is 1. The van der Waals surface area contributed by atoms with Crippen molar-refractivity contribution in [2.75, 3.05) is 7.11 Å². The lowest BCUT2D eigenvalue weighted by atomic mass is 10.1. The largest absolute Gasteiger partial charge is 0.506 e. The first-order chi connectivity index (χ1) is 8.42. The van der Waals surface area contributed by atoms with E-state index >= 15 is 0 Å². The number of nitrogens with zero attached hydrogens (tertiary/aromatic N) is 1. The third-order valence-electron chi connectivity index (χ3n) is 2.00. The van der Waals surface area contributed by atoms with Gasteiger partial charge in [0.2, 0.25) is 0 Å². The molecule has 18 heavy (non-hydrogen) atoms.